The molecule has 2 aromatic heterocycles. The van der Waals surface area contributed by atoms with Gasteiger partial charge in [0.05, 0.1) is 0 Å². The van der Waals surface area contributed by atoms with E-state index in [1.54, 1.807) is 12.1 Å². The summed E-state index contributed by atoms with van der Waals surface area (Å²) in [4.78, 5) is 14.4. The van der Waals surface area contributed by atoms with Crippen LogP contribution in [0.2, 0.25) is 5.15 Å². The van der Waals surface area contributed by atoms with E-state index in [1.807, 2.05) is 0 Å². The molecule has 2 aromatic rings. The molecule has 0 atom stereocenters. The molecule has 0 bridgehead atoms. The van der Waals surface area contributed by atoms with E-state index in [1.165, 1.54) is 6.20 Å². The van der Waals surface area contributed by atoms with Crippen LogP contribution in [0.4, 0.5) is 0 Å². The Balaban J connectivity index is 2.52. The number of rotatable bonds is 1. The third-order valence-corrected chi connectivity index (χ3v) is 1.62. The number of hydrogen-bond acceptors (Lipinski definition) is 4. The van der Waals surface area contributed by atoms with Gasteiger partial charge in [0.1, 0.15) is 5.15 Å². The fraction of sp³-hybridized carbons (Fsp3) is 0. The van der Waals surface area contributed by atoms with E-state index >= 15 is 0 Å². The van der Waals surface area contributed by atoms with Gasteiger partial charge in [-0.2, -0.15) is 0 Å². The number of aromatic nitrogens is 3. The van der Waals surface area contributed by atoms with Crippen LogP contribution in [-0.4, -0.2) is 15.2 Å². The van der Waals surface area contributed by atoms with Crippen LogP contribution in [0.5, 0.6) is 0 Å². The number of hydrogen-bond donors (Lipinski definition) is 1. The number of aromatic amines is 1. The van der Waals surface area contributed by atoms with Crippen LogP contribution in [0.25, 0.3) is 11.5 Å². The van der Waals surface area contributed by atoms with Crippen molar-refractivity contribution in [3.63, 3.8) is 0 Å². The van der Waals surface area contributed by atoms with Crippen LogP contribution in [0.15, 0.2) is 27.5 Å². The van der Waals surface area contributed by atoms with Gasteiger partial charge < -0.3 is 4.42 Å². The van der Waals surface area contributed by atoms with Crippen LogP contribution in [0.3, 0.4) is 0 Å². The molecular weight excluding hydrogens is 194 g/mol. The van der Waals surface area contributed by atoms with Gasteiger partial charge in [0.2, 0.25) is 5.89 Å². The van der Waals surface area contributed by atoms with Gasteiger partial charge in [-0.1, -0.05) is 11.6 Å². The van der Waals surface area contributed by atoms with Crippen molar-refractivity contribution in [3.8, 4) is 11.5 Å². The summed E-state index contributed by atoms with van der Waals surface area (Å²) in [7, 11) is 0. The van der Waals surface area contributed by atoms with E-state index in [4.69, 9.17) is 16.0 Å². The van der Waals surface area contributed by atoms with Crippen molar-refractivity contribution in [1.82, 2.24) is 15.2 Å². The maximum Gasteiger partial charge on any atom is 0.434 e. The minimum Gasteiger partial charge on any atom is -0.388 e. The second-order valence-electron chi connectivity index (χ2n) is 2.29. The first-order chi connectivity index (χ1) is 6.25. The minimum atomic E-state index is -0.595. The lowest BCUT2D eigenvalue weighted by atomic mass is 10.3. The molecule has 0 saturated carbocycles. The molecule has 0 aromatic carbocycles. The number of nitrogens with zero attached hydrogens (tertiary/aromatic N) is 2. The molecule has 0 unspecified atom stereocenters. The summed E-state index contributed by atoms with van der Waals surface area (Å²) in [6.07, 6.45) is 1.51. The second kappa shape index (κ2) is 3.02. The molecule has 2 heterocycles. The Morgan fingerprint density at radius 1 is 1.54 bits per heavy atom. The highest BCUT2D eigenvalue weighted by atomic mass is 35.5. The molecule has 6 heteroatoms. The highest BCUT2D eigenvalue weighted by Crippen LogP contribution is 2.16. The van der Waals surface area contributed by atoms with Crippen LogP contribution >= 0.6 is 11.6 Å². The third kappa shape index (κ3) is 1.59. The van der Waals surface area contributed by atoms with E-state index in [2.05, 4.69) is 15.2 Å². The molecule has 0 aliphatic carbocycles. The van der Waals surface area contributed by atoms with E-state index in [0.29, 0.717) is 10.7 Å². The summed E-state index contributed by atoms with van der Waals surface area (Å²) in [5, 5.41) is 6.11. The Kier molecular flexibility index (Phi) is 1.86. The Morgan fingerprint density at radius 2 is 2.38 bits per heavy atom. The van der Waals surface area contributed by atoms with Gasteiger partial charge in [0, 0.05) is 11.8 Å². The summed E-state index contributed by atoms with van der Waals surface area (Å²) in [6.45, 7) is 0. The fourth-order valence-corrected chi connectivity index (χ4v) is 1.06. The van der Waals surface area contributed by atoms with Crippen molar-refractivity contribution in [1.29, 1.82) is 0 Å². The number of pyridine rings is 1. The van der Waals surface area contributed by atoms with Gasteiger partial charge in [0.25, 0.3) is 0 Å². The summed E-state index contributed by atoms with van der Waals surface area (Å²) in [5.74, 6) is -0.391. The average molecular weight is 198 g/mol. The van der Waals surface area contributed by atoms with E-state index in [0.717, 1.165) is 0 Å². The summed E-state index contributed by atoms with van der Waals surface area (Å²) in [6, 6.07) is 3.20. The van der Waals surface area contributed by atoms with Gasteiger partial charge in [-0.15, -0.1) is 5.10 Å². The van der Waals surface area contributed by atoms with Crippen molar-refractivity contribution in [2.45, 2.75) is 0 Å². The molecule has 5 nitrogen and oxygen atoms in total. The molecule has 0 radical (unpaired) electrons. The highest BCUT2D eigenvalue weighted by molar-refractivity contribution is 6.29. The van der Waals surface area contributed by atoms with Gasteiger partial charge in [-0.25, -0.2) is 14.9 Å². The third-order valence-electron chi connectivity index (χ3n) is 1.41. The topological polar surface area (TPSA) is 71.8 Å². The zero-order valence-electron chi connectivity index (χ0n) is 6.32. The summed E-state index contributed by atoms with van der Waals surface area (Å²) >= 11 is 5.63. The van der Waals surface area contributed by atoms with Crippen molar-refractivity contribution in [2.24, 2.45) is 0 Å². The number of halogens is 1. The van der Waals surface area contributed by atoms with Gasteiger partial charge in [-0.3, -0.25) is 0 Å². The monoisotopic (exact) mass is 197 g/mol. The molecule has 13 heavy (non-hydrogen) atoms. The van der Waals surface area contributed by atoms with Crippen LogP contribution in [-0.2, 0) is 0 Å². The minimum absolute atomic E-state index is 0.203. The standard InChI is InChI=1S/C7H4ClN3O2/c8-5-3-4(1-2-9-5)6-10-11-7(12)13-6/h1-3H,(H,11,12). The molecule has 0 spiro atoms. The first-order valence-corrected chi connectivity index (χ1v) is 3.81. The van der Waals surface area contributed by atoms with E-state index < -0.39 is 5.76 Å². The first kappa shape index (κ1) is 8.00. The second-order valence-corrected chi connectivity index (χ2v) is 2.67. The zero-order valence-corrected chi connectivity index (χ0v) is 7.08. The largest absolute Gasteiger partial charge is 0.434 e. The zero-order chi connectivity index (χ0) is 9.26. The van der Waals surface area contributed by atoms with Crippen molar-refractivity contribution < 1.29 is 4.42 Å². The molecule has 0 amide bonds. The lowest BCUT2D eigenvalue weighted by Crippen LogP contribution is -1.93. The maximum atomic E-state index is 10.6. The molecular formula is C7H4ClN3O2. The Hall–Kier alpha value is -1.62. The number of H-pyrrole nitrogens is 1. The lowest BCUT2D eigenvalue weighted by molar-refractivity contribution is 0.527. The van der Waals surface area contributed by atoms with Crippen molar-refractivity contribution >= 4 is 11.6 Å². The molecule has 0 aliphatic rings. The smallest absolute Gasteiger partial charge is 0.388 e. The normalized spacial score (nSPS) is 10.2. The SMILES string of the molecule is O=c1[nH]nc(-c2ccnc(Cl)c2)o1. The quantitative estimate of drug-likeness (QED) is 0.695. The number of nitrogens with one attached hydrogen (secondary N) is 1. The predicted octanol–water partition coefficient (Wildman–Crippen LogP) is 1.08. The van der Waals surface area contributed by atoms with Crippen molar-refractivity contribution in [2.75, 3.05) is 0 Å². The summed E-state index contributed by atoms with van der Waals surface area (Å²) in [5.41, 5.74) is 0.610. The van der Waals surface area contributed by atoms with Crippen molar-refractivity contribution in [3.05, 3.63) is 34.0 Å². The van der Waals surface area contributed by atoms with E-state index in [-0.39, 0.29) is 5.89 Å². The van der Waals surface area contributed by atoms with Gasteiger partial charge in [-0.05, 0) is 12.1 Å². The molecule has 2 rings (SSSR count). The fourth-order valence-electron chi connectivity index (χ4n) is 0.889. The Bertz CT molecular complexity index is 476. The van der Waals surface area contributed by atoms with Crippen LogP contribution in [0.1, 0.15) is 0 Å². The van der Waals surface area contributed by atoms with Crippen LogP contribution in [0, 0.1) is 0 Å². The van der Waals surface area contributed by atoms with E-state index in [9.17, 15) is 4.79 Å². The molecule has 66 valence electrons. The van der Waals surface area contributed by atoms with Gasteiger partial charge in [0.15, 0.2) is 0 Å². The molecule has 0 fully saturated rings. The van der Waals surface area contributed by atoms with Gasteiger partial charge >= 0.3 is 5.76 Å². The maximum absolute atomic E-state index is 10.6. The first-order valence-electron chi connectivity index (χ1n) is 3.43. The Labute approximate surface area is 77.4 Å². The molecule has 0 saturated heterocycles. The Morgan fingerprint density at radius 3 is 3.00 bits per heavy atom. The molecule has 0 aliphatic heterocycles. The summed E-state index contributed by atoms with van der Waals surface area (Å²) < 4.78 is 4.72. The lowest BCUT2D eigenvalue weighted by Gasteiger charge is -1.92. The predicted molar refractivity (Wildman–Crippen MR) is 45.4 cm³/mol. The average Bonchev–Trinajstić information content (AvgIpc) is 2.52. The van der Waals surface area contributed by atoms with Crippen LogP contribution < -0.4 is 5.76 Å². The molecule has 1 N–H and O–H groups in total. The highest BCUT2D eigenvalue weighted by Gasteiger charge is 2.04.